The minimum Gasteiger partial charge on any atom is -0.299 e. The molecular weight excluding hydrogens is 158 g/mol. The van der Waals surface area contributed by atoms with Crippen LogP contribution in [0.5, 0.6) is 0 Å². The molecule has 1 aromatic rings. The third-order valence-electron chi connectivity index (χ3n) is 2.35. The van der Waals surface area contributed by atoms with Gasteiger partial charge >= 0.3 is 0 Å². The molecule has 1 aliphatic carbocycles. The van der Waals surface area contributed by atoms with Crippen molar-refractivity contribution in [1.82, 2.24) is 4.98 Å². The smallest absolute Gasteiger partial charge is 0.141 e. The Hall–Kier alpha value is -0.700. The van der Waals surface area contributed by atoms with Crippen molar-refractivity contribution in [1.29, 1.82) is 0 Å². The summed E-state index contributed by atoms with van der Waals surface area (Å²) in [6.45, 7) is 1.66. The van der Waals surface area contributed by atoms with Gasteiger partial charge in [0.15, 0.2) is 0 Å². The van der Waals surface area contributed by atoms with Crippen LogP contribution in [0, 0.1) is 0 Å². The van der Waals surface area contributed by atoms with Crippen molar-refractivity contribution >= 4 is 17.1 Å². The van der Waals surface area contributed by atoms with E-state index in [-0.39, 0.29) is 11.2 Å². The van der Waals surface area contributed by atoms with E-state index in [1.54, 1.807) is 23.8 Å². The van der Waals surface area contributed by atoms with Crippen molar-refractivity contribution in [2.45, 2.75) is 25.2 Å². The summed E-state index contributed by atoms with van der Waals surface area (Å²) in [7, 11) is 0. The van der Waals surface area contributed by atoms with Gasteiger partial charge in [-0.25, -0.2) is 4.98 Å². The fraction of sp³-hybridized carbons (Fsp3) is 0.500. The number of carbonyl (C=O) groups excluding carboxylic acids is 1. The second-order valence-electron chi connectivity index (χ2n) is 3.01. The summed E-state index contributed by atoms with van der Waals surface area (Å²) >= 11 is 1.56. The largest absolute Gasteiger partial charge is 0.299 e. The van der Waals surface area contributed by atoms with Crippen molar-refractivity contribution in [2.75, 3.05) is 0 Å². The highest BCUT2D eigenvalue weighted by atomic mass is 32.1. The molecule has 1 fully saturated rings. The molecule has 0 spiro atoms. The Balaban J connectivity index is 2.36. The minimum absolute atomic E-state index is 0.167. The highest BCUT2D eigenvalue weighted by Crippen LogP contribution is 2.48. The van der Waals surface area contributed by atoms with Crippen molar-refractivity contribution in [2.24, 2.45) is 0 Å². The molecule has 0 radical (unpaired) electrons. The summed E-state index contributed by atoms with van der Waals surface area (Å²) in [6.07, 6.45) is 1.98. The first-order valence-corrected chi connectivity index (χ1v) is 4.60. The molecule has 1 aliphatic rings. The zero-order chi connectivity index (χ0) is 7.90. The lowest BCUT2D eigenvalue weighted by Gasteiger charge is -2.05. The maximum Gasteiger partial charge on any atom is 0.141 e. The number of aromatic nitrogens is 1. The number of hydrogen-bond acceptors (Lipinski definition) is 3. The normalized spacial score (nSPS) is 19.7. The molecule has 0 aliphatic heterocycles. The molecule has 0 aromatic carbocycles. The molecule has 11 heavy (non-hydrogen) atoms. The Labute approximate surface area is 69.3 Å². The molecule has 58 valence electrons. The monoisotopic (exact) mass is 167 g/mol. The molecule has 0 saturated heterocycles. The Bertz CT molecular complexity index is 274. The lowest BCUT2D eigenvalue weighted by molar-refractivity contribution is -0.119. The lowest BCUT2D eigenvalue weighted by Crippen LogP contribution is -2.16. The quantitative estimate of drug-likeness (QED) is 0.671. The van der Waals surface area contributed by atoms with Gasteiger partial charge in [-0.05, 0) is 19.8 Å². The number of ketones is 1. The van der Waals surface area contributed by atoms with Crippen LogP contribution in [0.2, 0.25) is 0 Å². The fourth-order valence-corrected chi connectivity index (χ4v) is 2.01. The SMILES string of the molecule is CC(=O)C1(c2cscn2)CC1. The molecule has 1 aromatic heterocycles. The van der Waals surface area contributed by atoms with Gasteiger partial charge < -0.3 is 0 Å². The molecule has 0 amide bonds. The first-order valence-electron chi connectivity index (χ1n) is 3.65. The third kappa shape index (κ3) is 0.913. The Morgan fingerprint density at radius 1 is 1.73 bits per heavy atom. The average molecular weight is 167 g/mol. The van der Waals surface area contributed by atoms with Crippen molar-refractivity contribution in [3.8, 4) is 0 Å². The number of rotatable bonds is 2. The van der Waals surface area contributed by atoms with Gasteiger partial charge in [0.1, 0.15) is 5.78 Å². The van der Waals surface area contributed by atoms with E-state index in [9.17, 15) is 4.79 Å². The fourth-order valence-electron chi connectivity index (χ4n) is 1.36. The van der Waals surface area contributed by atoms with Crippen LogP contribution in [0.4, 0.5) is 0 Å². The van der Waals surface area contributed by atoms with E-state index in [4.69, 9.17) is 0 Å². The van der Waals surface area contributed by atoms with Gasteiger partial charge in [-0.1, -0.05) is 0 Å². The van der Waals surface area contributed by atoms with Gasteiger partial charge in [0, 0.05) is 5.38 Å². The second-order valence-corrected chi connectivity index (χ2v) is 3.73. The highest BCUT2D eigenvalue weighted by molar-refractivity contribution is 7.07. The maximum atomic E-state index is 11.2. The molecule has 0 unspecified atom stereocenters. The summed E-state index contributed by atoms with van der Waals surface area (Å²) in [5, 5.41) is 1.98. The van der Waals surface area contributed by atoms with Gasteiger partial charge in [0.05, 0.1) is 16.6 Å². The first-order chi connectivity index (χ1) is 5.26. The van der Waals surface area contributed by atoms with Crippen LogP contribution in [0.25, 0.3) is 0 Å². The van der Waals surface area contributed by atoms with Crippen LogP contribution in [0.1, 0.15) is 25.5 Å². The zero-order valence-corrected chi connectivity index (χ0v) is 7.15. The van der Waals surface area contributed by atoms with Crippen molar-refractivity contribution in [3.63, 3.8) is 0 Å². The van der Waals surface area contributed by atoms with E-state index in [0.717, 1.165) is 18.5 Å². The molecule has 0 bridgehead atoms. The van der Waals surface area contributed by atoms with Crippen LogP contribution in [0.3, 0.4) is 0 Å². The van der Waals surface area contributed by atoms with Crippen LogP contribution in [-0.4, -0.2) is 10.8 Å². The lowest BCUT2D eigenvalue weighted by atomic mass is 9.99. The van der Waals surface area contributed by atoms with Crippen LogP contribution < -0.4 is 0 Å². The standard InChI is InChI=1S/C8H9NOS/c1-6(10)8(2-3-8)7-4-11-5-9-7/h4-5H,2-3H2,1H3. The number of Topliss-reactive ketones (excluding diaryl/α,β-unsaturated/α-hetero) is 1. The first kappa shape index (κ1) is 6.98. The molecule has 1 heterocycles. The van der Waals surface area contributed by atoms with E-state index in [1.165, 1.54) is 0 Å². The van der Waals surface area contributed by atoms with E-state index < -0.39 is 0 Å². The van der Waals surface area contributed by atoms with Gasteiger partial charge in [0.25, 0.3) is 0 Å². The van der Waals surface area contributed by atoms with Crippen molar-refractivity contribution < 1.29 is 4.79 Å². The van der Waals surface area contributed by atoms with E-state index in [2.05, 4.69) is 4.98 Å². The summed E-state index contributed by atoms with van der Waals surface area (Å²) in [4.78, 5) is 15.4. The Kier molecular flexibility index (Phi) is 1.36. The molecule has 2 nitrogen and oxygen atoms in total. The van der Waals surface area contributed by atoms with Gasteiger partial charge in [-0.15, -0.1) is 11.3 Å². The van der Waals surface area contributed by atoms with Gasteiger partial charge in [-0.3, -0.25) is 4.79 Å². The van der Waals surface area contributed by atoms with E-state index in [0.29, 0.717) is 0 Å². The topological polar surface area (TPSA) is 30.0 Å². The summed E-state index contributed by atoms with van der Waals surface area (Å²) in [5.74, 6) is 0.267. The number of thiazole rings is 1. The molecule has 1 saturated carbocycles. The molecule has 3 heteroatoms. The van der Waals surface area contributed by atoms with Crippen LogP contribution >= 0.6 is 11.3 Å². The summed E-state index contributed by atoms with van der Waals surface area (Å²) in [5.41, 5.74) is 2.60. The van der Waals surface area contributed by atoms with Crippen LogP contribution in [0.15, 0.2) is 10.9 Å². The van der Waals surface area contributed by atoms with E-state index in [1.807, 2.05) is 5.38 Å². The zero-order valence-electron chi connectivity index (χ0n) is 6.33. The number of nitrogens with zero attached hydrogens (tertiary/aromatic N) is 1. The highest BCUT2D eigenvalue weighted by Gasteiger charge is 2.50. The van der Waals surface area contributed by atoms with E-state index >= 15 is 0 Å². The molecular formula is C8H9NOS. The summed E-state index contributed by atoms with van der Waals surface area (Å²) < 4.78 is 0. The van der Waals surface area contributed by atoms with Crippen molar-refractivity contribution in [3.05, 3.63) is 16.6 Å². The molecule has 0 N–H and O–H groups in total. The average Bonchev–Trinajstić information content (AvgIpc) is 2.61. The van der Waals surface area contributed by atoms with Gasteiger partial charge in [0.2, 0.25) is 0 Å². The molecule has 2 rings (SSSR count). The predicted octanol–water partition coefficient (Wildman–Crippen LogP) is 1.76. The number of hydrogen-bond donors (Lipinski definition) is 0. The number of carbonyl (C=O) groups is 1. The summed E-state index contributed by atoms with van der Waals surface area (Å²) in [6, 6.07) is 0. The maximum absolute atomic E-state index is 11.2. The van der Waals surface area contributed by atoms with Crippen LogP contribution in [-0.2, 0) is 10.2 Å². The Morgan fingerprint density at radius 3 is 2.82 bits per heavy atom. The predicted molar refractivity (Wildman–Crippen MR) is 43.7 cm³/mol. The van der Waals surface area contributed by atoms with Gasteiger partial charge in [-0.2, -0.15) is 0 Å². The third-order valence-corrected chi connectivity index (χ3v) is 2.93. The molecule has 0 atom stereocenters. The minimum atomic E-state index is -0.167. The Morgan fingerprint density at radius 2 is 2.45 bits per heavy atom. The second kappa shape index (κ2) is 2.14.